The fraction of sp³-hybridized carbons (Fsp3) is 0.818. The molecule has 0 heterocycles. The Balaban J connectivity index is 4.57. The van der Waals surface area contributed by atoms with Crippen molar-refractivity contribution >= 4 is 30.9 Å². The highest BCUT2D eigenvalue weighted by Gasteiger charge is 2.27. The summed E-state index contributed by atoms with van der Waals surface area (Å²) >= 11 is 5.64. The van der Waals surface area contributed by atoms with Gasteiger partial charge in [0.05, 0.1) is 11.7 Å². The fourth-order valence-corrected chi connectivity index (χ4v) is 2.08. The van der Waals surface area contributed by atoms with Gasteiger partial charge in [-0.15, -0.1) is 11.6 Å². The van der Waals surface area contributed by atoms with Gasteiger partial charge >= 0.3 is 0 Å². The van der Waals surface area contributed by atoms with Crippen molar-refractivity contribution in [3.05, 3.63) is 0 Å². The summed E-state index contributed by atoms with van der Waals surface area (Å²) in [4.78, 5) is 43.3. The van der Waals surface area contributed by atoms with Crippen LogP contribution in [0.3, 0.4) is 0 Å². The van der Waals surface area contributed by atoms with Crippen LogP contribution in [0, 0.1) is 5.92 Å². The van der Waals surface area contributed by atoms with E-state index in [1.807, 2.05) is 6.92 Å². The number of carbonyl (C=O) groups excluding carboxylic acids is 2. The topological polar surface area (TPSA) is 134 Å². The predicted octanol–water partition coefficient (Wildman–Crippen LogP) is -0.781. The number of quaternary nitrogens is 1. The molecule has 0 aromatic heterocycles. The monoisotopic (exact) mass is 328 g/mol. The van der Waals surface area contributed by atoms with Crippen LogP contribution < -0.4 is 15.9 Å². The molecule has 0 aromatic carbocycles. The van der Waals surface area contributed by atoms with E-state index < -0.39 is 31.2 Å². The summed E-state index contributed by atoms with van der Waals surface area (Å²) in [6.45, 7) is 3.06. The van der Waals surface area contributed by atoms with Gasteiger partial charge in [0.2, 0.25) is 5.91 Å². The molecule has 118 valence electrons. The quantitative estimate of drug-likeness (QED) is 0.377. The molecule has 0 spiro atoms. The van der Waals surface area contributed by atoms with Gasteiger partial charge in [-0.3, -0.25) is 9.59 Å². The van der Waals surface area contributed by atoms with E-state index in [0.29, 0.717) is 6.42 Å². The number of amides is 1. The summed E-state index contributed by atoms with van der Waals surface area (Å²) in [6, 6.07) is -0.403. The number of Topliss-reactive ketones (excluding diaryl/α,β-unsaturated/α-hetero) is 1. The molecule has 7 nitrogen and oxygen atoms in total. The van der Waals surface area contributed by atoms with Gasteiger partial charge < -0.3 is 25.4 Å². The van der Waals surface area contributed by atoms with E-state index in [1.165, 1.54) is 0 Å². The number of ketones is 1. The average Bonchev–Trinajstić information content (AvgIpc) is 2.34. The molecule has 0 radical (unpaired) electrons. The molecule has 0 aromatic rings. The maximum absolute atomic E-state index is 11.8. The second-order valence-electron chi connectivity index (χ2n) is 4.76. The van der Waals surface area contributed by atoms with E-state index in [4.69, 9.17) is 16.5 Å². The molecule has 0 fully saturated rings. The molecule has 20 heavy (non-hydrogen) atoms. The SMILES string of the molecule is CCC[C@H]([NH3+])C(=O)C[C@@H](CCl)C(=O)NC(C)P(=O)([O-])O. The second kappa shape index (κ2) is 8.74. The van der Waals surface area contributed by atoms with Crippen LogP contribution >= 0.6 is 19.2 Å². The van der Waals surface area contributed by atoms with Gasteiger partial charge in [0.15, 0.2) is 13.4 Å². The van der Waals surface area contributed by atoms with Crippen molar-refractivity contribution in [3.8, 4) is 0 Å². The van der Waals surface area contributed by atoms with Crippen molar-refractivity contribution in [1.82, 2.24) is 5.32 Å². The van der Waals surface area contributed by atoms with E-state index in [9.17, 15) is 19.0 Å². The van der Waals surface area contributed by atoms with Crippen molar-refractivity contribution in [3.63, 3.8) is 0 Å². The lowest BCUT2D eigenvalue weighted by atomic mass is 9.97. The maximum Gasteiger partial charge on any atom is 0.225 e. The van der Waals surface area contributed by atoms with Gasteiger partial charge in [-0.1, -0.05) is 13.3 Å². The molecule has 0 aliphatic rings. The minimum atomic E-state index is -4.65. The van der Waals surface area contributed by atoms with Gasteiger partial charge in [0.1, 0.15) is 6.04 Å². The van der Waals surface area contributed by atoms with E-state index in [1.54, 1.807) is 0 Å². The standard InChI is InChI=1S/C11H22ClN2O5P/c1-3-4-9(13)10(15)5-8(6-12)11(16)14-7(2)20(17,18)19/h7-9H,3-6,13H2,1-2H3,(H,14,16)(H2,17,18,19)/t7?,8-,9-/m0/s1. The molecule has 0 saturated carbocycles. The Morgan fingerprint density at radius 3 is 2.45 bits per heavy atom. The molecule has 9 heteroatoms. The summed E-state index contributed by atoms with van der Waals surface area (Å²) in [5, 5.41) is 2.13. The summed E-state index contributed by atoms with van der Waals surface area (Å²) in [6.07, 6.45) is 1.33. The first-order valence-electron chi connectivity index (χ1n) is 6.39. The highest BCUT2D eigenvalue weighted by Crippen LogP contribution is 2.34. The van der Waals surface area contributed by atoms with Crippen molar-refractivity contribution < 1.29 is 29.7 Å². The molecule has 1 amide bonds. The van der Waals surface area contributed by atoms with Crippen molar-refractivity contribution in [2.24, 2.45) is 5.92 Å². The molecule has 0 aliphatic carbocycles. The van der Waals surface area contributed by atoms with Gasteiger partial charge in [-0.2, -0.15) is 0 Å². The lowest BCUT2D eigenvalue weighted by molar-refractivity contribution is -0.404. The Labute approximate surface area is 123 Å². The zero-order chi connectivity index (χ0) is 15.9. The van der Waals surface area contributed by atoms with Gasteiger partial charge in [-0.25, -0.2) is 0 Å². The third kappa shape index (κ3) is 6.81. The normalized spacial score (nSPS) is 18.7. The number of hydrogen-bond acceptors (Lipinski definition) is 4. The van der Waals surface area contributed by atoms with E-state index in [0.717, 1.165) is 13.3 Å². The highest BCUT2D eigenvalue weighted by atomic mass is 35.5. The Kier molecular flexibility index (Phi) is 8.54. The van der Waals surface area contributed by atoms with E-state index >= 15 is 0 Å². The molecule has 4 atom stereocenters. The van der Waals surface area contributed by atoms with Crippen LogP contribution in [0.1, 0.15) is 33.1 Å². The molecule has 0 bridgehead atoms. The van der Waals surface area contributed by atoms with Gasteiger partial charge in [-0.05, 0) is 6.92 Å². The first-order valence-corrected chi connectivity index (χ1v) is 8.57. The Morgan fingerprint density at radius 2 is 2.05 bits per heavy atom. The van der Waals surface area contributed by atoms with Crippen LogP contribution in [0.5, 0.6) is 0 Å². The molecule has 0 aliphatic heterocycles. The smallest absolute Gasteiger partial charge is 0.225 e. The maximum atomic E-state index is 11.8. The van der Waals surface area contributed by atoms with Crippen LogP contribution in [0.2, 0.25) is 0 Å². The lowest BCUT2D eigenvalue weighted by Gasteiger charge is -2.26. The molecule has 0 rings (SSSR count). The summed E-state index contributed by atoms with van der Waals surface area (Å²) in [7, 11) is -4.65. The molecule has 0 saturated heterocycles. The molecule has 2 unspecified atom stereocenters. The van der Waals surface area contributed by atoms with Crippen molar-refractivity contribution in [2.45, 2.75) is 44.9 Å². The van der Waals surface area contributed by atoms with E-state index in [-0.39, 0.29) is 18.1 Å². The molecular formula is C11H22ClN2O5P. The third-order valence-electron chi connectivity index (χ3n) is 2.94. The first kappa shape index (κ1) is 19.5. The highest BCUT2D eigenvalue weighted by molar-refractivity contribution is 7.51. The summed E-state index contributed by atoms with van der Waals surface area (Å²) in [5.74, 6) is -3.22. The van der Waals surface area contributed by atoms with Crippen LogP contribution in [0.4, 0.5) is 0 Å². The Morgan fingerprint density at radius 1 is 1.50 bits per heavy atom. The zero-order valence-corrected chi connectivity index (χ0v) is 13.3. The van der Waals surface area contributed by atoms with E-state index in [2.05, 4.69) is 11.1 Å². The summed E-state index contributed by atoms with van der Waals surface area (Å²) < 4.78 is 10.9. The number of nitrogens with one attached hydrogen (secondary N) is 1. The predicted molar refractivity (Wildman–Crippen MR) is 72.8 cm³/mol. The van der Waals surface area contributed by atoms with Crippen molar-refractivity contribution in [2.75, 3.05) is 5.88 Å². The number of hydrogen-bond donors (Lipinski definition) is 3. The summed E-state index contributed by atoms with van der Waals surface area (Å²) in [5.41, 5.74) is 3.72. The molecular weight excluding hydrogens is 307 g/mol. The number of carbonyl (C=O) groups is 2. The fourth-order valence-electron chi connectivity index (χ4n) is 1.54. The van der Waals surface area contributed by atoms with Crippen LogP contribution in [-0.2, 0) is 14.2 Å². The van der Waals surface area contributed by atoms with Gasteiger partial charge in [0, 0.05) is 18.7 Å². The van der Waals surface area contributed by atoms with Crippen molar-refractivity contribution in [1.29, 1.82) is 0 Å². The molecule has 5 N–H and O–H groups in total. The van der Waals surface area contributed by atoms with Crippen LogP contribution in [0.25, 0.3) is 0 Å². The van der Waals surface area contributed by atoms with Crippen LogP contribution in [-0.4, -0.2) is 34.3 Å². The number of alkyl halides is 1. The number of rotatable bonds is 9. The Hall–Kier alpha value is -0.460. The second-order valence-corrected chi connectivity index (χ2v) is 6.97. The largest absolute Gasteiger partial charge is 0.777 e. The first-order chi connectivity index (χ1) is 9.13. The van der Waals surface area contributed by atoms with Crippen LogP contribution in [0.15, 0.2) is 0 Å². The minimum Gasteiger partial charge on any atom is -0.777 e. The number of halogens is 1. The average molecular weight is 329 g/mol. The zero-order valence-electron chi connectivity index (χ0n) is 11.7. The third-order valence-corrected chi connectivity index (χ3v) is 4.42. The minimum absolute atomic E-state index is 0.0925. The Bertz CT molecular complexity index is 387. The van der Waals surface area contributed by atoms with Gasteiger partial charge in [0.25, 0.3) is 0 Å². The lowest BCUT2D eigenvalue weighted by Crippen LogP contribution is -2.65.